The van der Waals surface area contributed by atoms with Gasteiger partial charge in [0.25, 0.3) is 5.91 Å². The van der Waals surface area contributed by atoms with Crippen LogP contribution in [0, 0.1) is 0 Å². The van der Waals surface area contributed by atoms with Gasteiger partial charge in [0, 0.05) is 25.8 Å². The van der Waals surface area contributed by atoms with Gasteiger partial charge in [-0.3, -0.25) is 4.79 Å². The smallest absolute Gasteiger partial charge is 0.255 e. The normalized spacial score (nSPS) is 10.7. The summed E-state index contributed by atoms with van der Waals surface area (Å²) in [5, 5.41) is 3.33. The van der Waals surface area contributed by atoms with Crippen molar-refractivity contribution in [1.82, 2.24) is 9.88 Å². The Hall–Kier alpha value is -1.29. The number of aromatic nitrogens is 1. The zero-order valence-electron chi connectivity index (χ0n) is 12.7. The van der Waals surface area contributed by atoms with Crippen LogP contribution in [-0.4, -0.2) is 35.4 Å². The maximum Gasteiger partial charge on any atom is 0.255 e. The molecular formula is C15H24ClN3O. The highest BCUT2D eigenvalue weighted by molar-refractivity contribution is 6.33. The zero-order valence-corrected chi connectivity index (χ0v) is 13.5. The van der Waals surface area contributed by atoms with E-state index in [2.05, 4.69) is 17.2 Å². The highest BCUT2D eigenvalue weighted by atomic mass is 35.5. The molecule has 0 saturated carbocycles. The van der Waals surface area contributed by atoms with Crippen molar-refractivity contribution >= 4 is 23.3 Å². The van der Waals surface area contributed by atoms with Gasteiger partial charge < -0.3 is 10.2 Å². The summed E-state index contributed by atoms with van der Waals surface area (Å²) in [4.78, 5) is 18.6. The van der Waals surface area contributed by atoms with Crippen molar-refractivity contribution in [2.75, 3.05) is 18.9 Å². The molecule has 1 aromatic heterocycles. The van der Waals surface area contributed by atoms with Crippen LogP contribution in [-0.2, 0) is 0 Å². The topological polar surface area (TPSA) is 45.2 Å². The standard InChI is InChI=1S/C15H24ClN3O/c1-5-6-7-8-19(11(2)3)15(20)12-9-14(17-4)18-10-13(12)16/h9-11H,5-8H2,1-4H3,(H,17,18). The van der Waals surface area contributed by atoms with Crippen molar-refractivity contribution in [3.8, 4) is 0 Å². The van der Waals surface area contributed by atoms with Crippen LogP contribution in [0.25, 0.3) is 0 Å². The second kappa shape index (κ2) is 8.10. The van der Waals surface area contributed by atoms with E-state index in [9.17, 15) is 4.79 Å². The number of amides is 1. The van der Waals surface area contributed by atoms with E-state index in [1.165, 1.54) is 6.20 Å². The molecule has 0 saturated heterocycles. The molecule has 0 aliphatic heterocycles. The third-order valence-electron chi connectivity index (χ3n) is 3.23. The van der Waals surface area contributed by atoms with E-state index >= 15 is 0 Å². The maximum absolute atomic E-state index is 12.7. The number of nitrogens with one attached hydrogen (secondary N) is 1. The summed E-state index contributed by atoms with van der Waals surface area (Å²) < 4.78 is 0. The van der Waals surface area contributed by atoms with Crippen LogP contribution in [0.2, 0.25) is 5.02 Å². The molecule has 0 spiro atoms. The van der Waals surface area contributed by atoms with Crippen LogP contribution in [0.4, 0.5) is 5.82 Å². The Labute approximate surface area is 126 Å². The monoisotopic (exact) mass is 297 g/mol. The first kappa shape index (κ1) is 16.8. The number of hydrogen-bond donors (Lipinski definition) is 1. The number of hydrogen-bond acceptors (Lipinski definition) is 3. The highest BCUT2D eigenvalue weighted by Gasteiger charge is 2.21. The summed E-state index contributed by atoms with van der Waals surface area (Å²) in [7, 11) is 1.77. The first-order valence-corrected chi connectivity index (χ1v) is 7.53. The number of carbonyl (C=O) groups is 1. The van der Waals surface area contributed by atoms with Crippen LogP contribution in [0.1, 0.15) is 50.4 Å². The Balaban J connectivity index is 2.93. The molecule has 1 heterocycles. The van der Waals surface area contributed by atoms with E-state index in [4.69, 9.17) is 11.6 Å². The molecule has 112 valence electrons. The van der Waals surface area contributed by atoms with Crippen molar-refractivity contribution in [2.45, 2.75) is 46.1 Å². The molecule has 0 atom stereocenters. The molecule has 0 radical (unpaired) electrons. The molecule has 1 aromatic rings. The number of halogens is 1. The van der Waals surface area contributed by atoms with Crippen LogP contribution in [0.5, 0.6) is 0 Å². The van der Waals surface area contributed by atoms with Gasteiger partial charge in [0.2, 0.25) is 0 Å². The molecule has 4 nitrogen and oxygen atoms in total. The Morgan fingerprint density at radius 1 is 1.45 bits per heavy atom. The van der Waals surface area contributed by atoms with Crippen molar-refractivity contribution in [3.05, 3.63) is 22.8 Å². The molecule has 0 aliphatic rings. The number of unbranched alkanes of at least 4 members (excludes halogenated alkanes) is 2. The quantitative estimate of drug-likeness (QED) is 0.778. The van der Waals surface area contributed by atoms with Gasteiger partial charge in [-0.05, 0) is 26.3 Å². The van der Waals surface area contributed by atoms with Crippen LogP contribution in [0.3, 0.4) is 0 Å². The maximum atomic E-state index is 12.7. The Bertz CT molecular complexity index is 449. The average molecular weight is 298 g/mol. The predicted molar refractivity (Wildman–Crippen MR) is 84.5 cm³/mol. The van der Waals surface area contributed by atoms with Gasteiger partial charge in [-0.15, -0.1) is 0 Å². The summed E-state index contributed by atoms with van der Waals surface area (Å²) in [5.41, 5.74) is 0.510. The van der Waals surface area contributed by atoms with Gasteiger partial charge in [-0.1, -0.05) is 31.4 Å². The Morgan fingerprint density at radius 3 is 2.70 bits per heavy atom. The zero-order chi connectivity index (χ0) is 15.1. The van der Waals surface area contributed by atoms with E-state index in [0.29, 0.717) is 16.4 Å². The summed E-state index contributed by atoms with van der Waals surface area (Å²) >= 11 is 6.12. The minimum atomic E-state index is -0.0278. The average Bonchev–Trinajstić information content (AvgIpc) is 2.43. The number of pyridine rings is 1. The van der Waals surface area contributed by atoms with E-state index in [1.807, 2.05) is 18.7 Å². The molecule has 0 aliphatic carbocycles. The van der Waals surface area contributed by atoms with E-state index in [-0.39, 0.29) is 11.9 Å². The number of anilines is 1. The lowest BCUT2D eigenvalue weighted by Crippen LogP contribution is -2.38. The SMILES string of the molecule is CCCCCN(C(=O)c1cc(NC)ncc1Cl)C(C)C. The van der Waals surface area contributed by atoms with Crippen LogP contribution in [0.15, 0.2) is 12.3 Å². The van der Waals surface area contributed by atoms with E-state index in [0.717, 1.165) is 25.8 Å². The molecule has 0 bridgehead atoms. The molecule has 5 heteroatoms. The largest absolute Gasteiger partial charge is 0.373 e. The van der Waals surface area contributed by atoms with Crippen LogP contribution < -0.4 is 5.32 Å². The predicted octanol–water partition coefficient (Wildman–Crippen LogP) is 3.82. The third kappa shape index (κ3) is 4.37. The minimum absolute atomic E-state index is 0.0278. The minimum Gasteiger partial charge on any atom is -0.373 e. The summed E-state index contributed by atoms with van der Waals surface area (Å²) in [6, 6.07) is 1.86. The molecule has 1 rings (SSSR count). The Morgan fingerprint density at radius 2 is 2.15 bits per heavy atom. The first-order chi connectivity index (χ1) is 9.51. The fraction of sp³-hybridized carbons (Fsp3) is 0.600. The molecule has 1 N–H and O–H groups in total. The van der Waals surface area contributed by atoms with Crippen molar-refractivity contribution in [3.63, 3.8) is 0 Å². The number of nitrogens with zero attached hydrogens (tertiary/aromatic N) is 2. The van der Waals surface area contributed by atoms with Gasteiger partial charge in [-0.25, -0.2) is 4.98 Å². The summed E-state index contributed by atoms with van der Waals surface area (Å²) in [5.74, 6) is 0.620. The summed E-state index contributed by atoms with van der Waals surface area (Å²) in [6.45, 7) is 6.97. The Kier molecular flexibility index (Phi) is 6.79. The molecule has 0 aromatic carbocycles. The second-order valence-corrected chi connectivity index (χ2v) is 5.51. The van der Waals surface area contributed by atoms with Crippen molar-refractivity contribution in [1.29, 1.82) is 0 Å². The fourth-order valence-corrected chi connectivity index (χ4v) is 2.20. The van der Waals surface area contributed by atoms with Crippen molar-refractivity contribution < 1.29 is 4.79 Å². The lowest BCUT2D eigenvalue weighted by molar-refractivity contribution is 0.0702. The molecule has 0 unspecified atom stereocenters. The second-order valence-electron chi connectivity index (χ2n) is 5.10. The lowest BCUT2D eigenvalue weighted by atomic mass is 10.1. The molecule has 20 heavy (non-hydrogen) atoms. The van der Waals surface area contributed by atoms with Gasteiger partial charge in [0.15, 0.2) is 0 Å². The van der Waals surface area contributed by atoms with Gasteiger partial charge in [0.05, 0.1) is 10.6 Å². The number of rotatable bonds is 7. The van der Waals surface area contributed by atoms with Gasteiger partial charge in [-0.2, -0.15) is 0 Å². The van der Waals surface area contributed by atoms with Gasteiger partial charge >= 0.3 is 0 Å². The summed E-state index contributed by atoms with van der Waals surface area (Å²) in [6.07, 6.45) is 4.80. The number of carbonyl (C=O) groups excluding carboxylic acids is 1. The first-order valence-electron chi connectivity index (χ1n) is 7.15. The lowest BCUT2D eigenvalue weighted by Gasteiger charge is -2.27. The van der Waals surface area contributed by atoms with Crippen LogP contribution >= 0.6 is 11.6 Å². The van der Waals surface area contributed by atoms with E-state index in [1.54, 1.807) is 13.1 Å². The van der Waals surface area contributed by atoms with Crippen molar-refractivity contribution in [2.24, 2.45) is 0 Å². The molecule has 1 amide bonds. The molecule has 0 fully saturated rings. The third-order valence-corrected chi connectivity index (χ3v) is 3.53. The molecular weight excluding hydrogens is 274 g/mol. The highest BCUT2D eigenvalue weighted by Crippen LogP contribution is 2.21. The fourth-order valence-electron chi connectivity index (χ4n) is 2.02. The van der Waals surface area contributed by atoms with E-state index < -0.39 is 0 Å². The van der Waals surface area contributed by atoms with Gasteiger partial charge in [0.1, 0.15) is 5.82 Å².